The second kappa shape index (κ2) is 7.20. The summed E-state index contributed by atoms with van der Waals surface area (Å²) in [5.41, 5.74) is 7.24. The number of nitrogens with two attached hydrogens (primary N) is 1. The van der Waals surface area contributed by atoms with E-state index in [1.54, 1.807) is 6.07 Å². The van der Waals surface area contributed by atoms with Gasteiger partial charge in [-0.2, -0.15) is 0 Å². The van der Waals surface area contributed by atoms with Crippen LogP contribution in [0.3, 0.4) is 0 Å². The average Bonchev–Trinajstić information content (AvgIpc) is 2.32. The Balaban J connectivity index is 2.79. The van der Waals surface area contributed by atoms with Gasteiger partial charge < -0.3 is 5.73 Å². The fourth-order valence-corrected chi connectivity index (χ4v) is 1.85. The van der Waals surface area contributed by atoms with Crippen LogP contribution in [0, 0.1) is 5.82 Å². The van der Waals surface area contributed by atoms with Crippen LogP contribution in [0.5, 0.6) is 0 Å². The molecule has 1 aromatic carbocycles. The third-order valence-electron chi connectivity index (χ3n) is 2.67. The molecule has 0 aliphatic rings. The van der Waals surface area contributed by atoms with Crippen molar-refractivity contribution in [1.82, 2.24) is 4.90 Å². The first-order valence-corrected chi connectivity index (χ1v) is 6.01. The first-order valence-electron chi connectivity index (χ1n) is 6.01. The third kappa shape index (κ3) is 4.29. The van der Waals surface area contributed by atoms with Crippen LogP contribution < -0.4 is 5.73 Å². The molecule has 0 amide bonds. The van der Waals surface area contributed by atoms with Gasteiger partial charge in [0.15, 0.2) is 0 Å². The molecule has 0 saturated carbocycles. The highest BCUT2D eigenvalue weighted by molar-refractivity contribution is 5.25. The second-order valence-corrected chi connectivity index (χ2v) is 4.15. The lowest BCUT2D eigenvalue weighted by Gasteiger charge is -2.20. The summed E-state index contributed by atoms with van der Waals surface area (Å²) in [5.74, 6) is -0.160. The Bertz CT molecular complexity index is 363. The van der Waals surface area contributed by atoms with Crippen molar-refractivity contribution in [1.29, 1.82) is 0 Å². The van der Waals surface area contributed by atoms with E-state index in [-0.39, 0.29) is 5.82 Å². The van der Waals surface area contributed by atoms with Gasteiger partial charge >= 0.3 is 0 Å². The van der Waals surface area contributed by atoms with Gasteiger partial charge in [-0.15, -0.1) is 6.58 Å². The van der Waals surface area contributed by atoms with Crippen LogP contribution in [0.1, 0.15) is 24.5 Å². The van der Waals surface area contributed by atoms with E-state index >= 15 is 0 Å². The monoisotopic (exact) mass is 236 g/mol. The standard InChI is InChI=1S/C14H21FN2/c1-3-7-17(8-4-2)11-13-9-12(10-16)5-6-14(13)15/h3,5-6,9H,1,4,7-8,10-11,16H2,2H3. The fraction of sp³-hybridized carbons (Fsp3) is 0.429. The molecule has 1 aromatic rings. The lowest BCUT2D eigenvalue weighted by molar-refractivity contribution is 0.290. The predicted octanol–water partition coefficient (Wildman–Crippen LogP) is 2.68. The predicted molar refractivity (Wildman–Crippen MR) is 70.1 cm³/mol. The molecule has 0 aromatic heterocycles. The number of hydrogen-bond acceptors (Lipinski definition) is 2. The van der Waals surface area contributed by atoms with Crippen molar-refractivity contribution in [2.24, 2.45) is 5.73 Å². The molecule has 2 nitrogen and oxygen atoms in total. The zero-order valence-corrected chi connectivity index (χ0v) is 10.5. The molecular weight excluding hydrogens is 215 g/mol. The Kier molecular flexibility index (Phi) is 5.87. The van der Waals surface area contributed by atoms with Crippen LogP contribution in [0.25, 0.3) is 0 Å². The Labute approximate surface area is 103 Å². The zero-order chi connectivity index (χ0) is 12.7. The zero-order valence-electron chi connectivity index (χ0n) is 10.5. The first kappa shape index (κ1) is 13.9. The lowest BCUT2D eigenvalue weighted by Crippen LogP contribution is -2.24. The van der Waals surface area contributed by atoms with Crippen LogP contribution in [0.15, 0.2) is 30.9 Å². The van der Waals surface area contributed by atoms with Crippen LogP contribution in [0.4, 0.5) is 4.39 Å². The summed E-state index contributed by atoms with van der Waals surface area (Å²) in [5, 5.41) is 0. The average molecular weight is 236 g/mol. The van der Waals surface area contributed by atoms with Crippen molar-refractivity contribution in [3.05, 3.63) is 47.8 Å². The van der Waals surface area contributed by atoms with Gasteiger partial charge in [0.1, 0.15) is 5.82 Å². The molecule has 2 N–H and O–H groups in total. The molecule has 0 heterocycles. The van der Waals surface area contributed by atoms with Crippen molar-refractivity contribution >= 4 is 0 Å². The van der Waals surface area contributed by atoms with Gasteiger partial charge in [0, 0.05) is 25.2 Å². The Morgan fingerprint density at radius 1 is 1.47 bits per heavy atom. The number of nitrogens with zero attached hydrogens (tertiary/aromatic N) is 1. The quantitative estimate of drug-likeness (QED) is 0.737. The fourth-order valence-electron chi connectivity index (χ4n) is 1.85. The van der Waals surface area contributed by atoms with E-state index in [0.29, 0.717) is 18.7 Å². The Morgan fingerprint density at radius 2 is 2.24 bits per heavy atom. The molecule has 94 valence electrons. The Morgan fingerprint density at radius 3 is 2.82 bits per heavy atom. The summed E-state index contributed by atoms with van der Waals surface area (Å²) in [4.78, 5) is 2.17. The van der Waals surface area contributed by atoms with Gasteiger partial charge in [0.25, 0.3) is 0 Å². The van der Waals surface area contributed by atoms with Gasteiger partial charge in [0.05, 0.1) is 0 Å². The van der Waals surface area contributed by atoms with Gasteiger partial charge in [-0.1, -0.05) is 25.1 Å². The van der Waals surface area contributed by atoms with Crippen molar-refractivity contribution in [2.75, 3.05) is 13.1 Å². The van der Waals surface area contributed by atoms with E-state index in [0.717, 1.165) is 25.1 Å². The Hall–Kier alpha value is -1.19. The van der Waals surface area contributed by atoms with E-state index in [2.05, 4.69) is 18.4 Å². The highest BCUT2D eigenvalue weighted by atomic mass is 19.1. The smallest absolute Gasteiger partial charge is 0.127 e. The van der Waals surface area contributed by atoms with Crippen LogP contribution in [-0.4, -0.2) is 18.0 Å². The molecule has 0 bridgehead atoms. The van der Waals surface area contributed by atoms with Gasteiger partial charge in [-0.3, -0.25) is 4.90 Å². The minimum atomic E-state index is -0.160. The highest BCUT2D eigenvalue weighted by Gasteiger charge is 2.08. The third-order valence-corrected chi connectivity index (χ3v) is 2.67. The van der Waals surface area contributed by atoms with Gasteiger partial charge in [-0.25, -0.2) is 4.39 Å². The molecule has 0 spiro atoms. The van der Waals surface area contributed by atoms with Crippen LogP contribution in [-0.2, 0) is 13.1 Å². The number of benzene rings is 1. The molecule has 0 aliphatic carbocycles. The SMILES string of the molecule is C=CCN(CCC)Cc1cc(CN)ccc1F. The van der Waals surface area contributed by atoms with E-state index in [9.17, 15) is 4.39 Å². The summed E-state index contributed by atoms with van der Waals surface area (Å²) in [6.45, 7) is 8.62. The van der Waals surface area contributed by atoms with Crippen LogP contribution >= 0.6 is 0 Å². The minimum Gasteiger partial charge on any atom is -0.326 e. The molecule has 0 saturated heterocycles. The van der Waals surface area contributed by atoms with Crippen molar-refractivity contribution in [3.63, 3.8) is 0 Å². The van der Waals surface area contributed by atoms with Crippen molar-refractivity contribution in [3.8, 4) is 0 Å². The molecule has 1 rings (SSSR count). The van der Waals surface area contributed by atoms with Crippen molar-refractivity contribution < 1.29 is 4.39 Å². The first-order chi connectivity index (χ1) is 8.21. The summed E-state index contributed by atoms with van der Waals surface area (Å²) < 4.78 is 13.7. The summed E-state index contributed by atoms with van der Waals surface area (Å²) in [6, 6.07) is 5.08. The molecule has 0 fully saturated rings. The van der Waals surface area contributed by atoms with Crippen LogP contribution in [0.2, 0.25) is 0 Å². The topological polar surface area (TPSA) is 29.3 Å². The largest absolute Gasteiger partial charge is 0.326 e. The van der Waals surface area contributed by atoms with E-state index in [4.69, 9.17) is 5.73 Å². The second-order valence-electron chi connectivity index (χ2n) is 4.15. The maximum Gasteiger partial charge on any atom is 0.127 e. The molecular formula is C14H21FN2. The summed E-state index contributed by atoms with van der Waals surface area (Å²) >= 11 is 0. The van der Waals surface area contributed by atoms with Gasteiger partial charge in [0.2, 0.25) is 0 Å². The van der Waals surface area contributed by atoms with Gasteiger partial charge in [-0.05, 0) is 24.6 Å². The maximum atomic E-state index is 13.7. The molecule has 0 aliphatic heterocycles. The molecule has 3 heteroatoms. The molecule has 17 heavy (non-hydrogen) atoms. The maximum absolute atomic E-state index is 13.7. The van der Waals surface area contributed by atoms with E-state index < -0.39 is 0 Å². The number of hydrogen-bond donors (Lipinski definition) is 1. The van der Waals surface area contributed by atoms with E-state index in [1.807, 2.05) is 12.1 Å². The highest BCUT2D eigenvalue weighted by Crippen LogP contribution is 2.13. The normalized spacial score (nSPS) is 10.8. The molecule has 0 unspecified atom stereocenters. The summed E-state index contributed by atoms with van der Waals surface area (Å²) in [6.07, 6.45) is 2.90. The lowest BCUT2D eigenvalue weighted by atomic mass is 10.1. The number of rotatable bonds is 7. The summed E-state index contributed by atoms with van der Waals surface area (Å²) in [7, 11) is 0. The number of halogens is 1. The van der Waals surface area contributed by atoms with Crippen molar-refractivity contribution in [2.45, 2.75) is 26.4 Å². The minimum absolute atomic E-state index is 0.160. The molecule has 0 atom stereocenters. The molecule has 0 radical (unpaired) electrons. The van der Waals surface area contributed by atoms with E-state index in [1.165, 1.54) is 6.07 Å².